The molecule has 2 atom stereocenters. The van der Waals surface area contributed by atoms with Crippen LogP contribution in [0.3, 0.4) is 0 Å². The Labute approximate surface area is 237 Å². The average molecular weight is 565 g/mol. The van der Waals surface area contributed by atoms with E-state index in [4.69, 9.17) is 9.73 Å². The Kier molecular flexibility index (Phi) is 9.18. The van der Waals surface area contributed by atoms with Gasteiger partial charge in [0.1, 0.15) is 18.7 Å². The van der Waals surface area contributed by atoms with Crippen molar-refractivity contribution in [3.63, 3.8) is 0 Å². The molecule has 1 aliphatic heterocycles. The summed E-state index contributed by atoms with van der Waals surface area (Å²) in [6.07, 6.45) is 7.36. The average Bonchev–Trinajstić information content (AvgIpc) is 3.81. The summed E-state index contributed by atoms with van der Waals surface area (Å²) in [5, 5.41) is 3.21. The topological polar surface area (TPSA) is 135 Å². The third kappa shape index (κ3) is 6.16. The van der Waals surface area contributed by atoms with Crippen molar-refractivity contribution >= 4 is 34.1 Å². The van der Waals surface area contributed by atoms with Gasteiger partial charge >= 0.3 is 0 Å². The van der Waals surface area contributed by atoms with Gasteiger partial charge in [0.2, 0.25) is 5.88 Å². The van der Waals surface area contributed by atoms with Crippen LogP contribution in [0.1, 0.15) is 76.9 Å². The minimum Gasteiger partial charge on any atom is -0.480 e. The fraction of sp³-hybridized carbons (Fsp3) is 0.464. The molecule has 2 aliphatic rings. The molecule has 12 heteroatoms. The highest BCUT2D eigenvalue weighted by atomic mass is 32.2. The molecule has 212 valence electrons. The zero-order valence-electron chi connectivity index (χ0n) is 23.9. The number of amides is 1. The predicted octanol–water partition coefficient (Wildman–Crippen LogP) is 3.77. The number of amidine groups is 2. The third-order valence-electron chi connectivity index (χ3n) is 6.76. The van der Waals surface area contributed by atoms with E-state index < -0.39 is 10.8 Å². The molecule has 2 unspecified atom stereocenters. The lowest BCUT2D eigenvalue weighted by atomic mass is 10.1. The van der Waals surface area contributed by atoms with Gasteiger partial charge in [-0.15, -0.1) is 0 Å². The smallest absolute Gasteiger partial charge is 0.295 e. The quantitative estimate of drug-likeness (QED) is 0.461. The van der Waals surface area contributed by atoms with Gasteiger partial charge in [-0.1, -0.05) is 20.4 Å². The zero-order chi connectivity index (χ0) is 29.0. The number of rotatable bonds is 10. The van der Waals surface area contributed by atoms with Crippen LogP contribution in [0, 0.1) is 0 Å². The molecule has 0 radical (unpaired) electrons. The zero-order valence-corrected chi connectivity index (χ0v) is 24.7. The molecule has 3 heterocycles. The third-order valence-corrected chi connectivity index (χ3v) is 8.02. The Morgan fingerprint density at radius 1 is 1.23 bits per heavy atom. The van der Waals surface area contributed by atoms with Crippen molar-refractivity contribution in [2.45, 2.75) is 77.3 Å². The maximum atomic E-state index is 13.8. The molecule has 11 nitrogen and oxygen atoms in total. The van der Waals surface area contributed by atoms with Crippen LogP contribution in [0.25, 0.3) is 5.70 Å². The Hall–Kier alpha value is -3.80. The van der Waals surface area contributed by atoms with Gasteiger partial charge in [-0.05, 0) is 45.6 Å². The van der Waals surface area contributed by atoms with Crippen molar-refractivity contribution in [1.29, 1.82) is 0 Å². The maximum Gasteiger partial charge on any atom is 0.295 e. The van der Waals surface area contributed by atoms with Gasteiger partial charge in [0.15, 0.2) is 11.7 Å². The van der Waals surface area contributed by atoms with Crippen molar-refractivity contribution in [2.24, 2.45) is 9.98 Å². The van der Waals surface area contributed by atoms with E-state index in [9.17, 15) is 9.00 Å². The minimum atomic E-state index is -1.14. The van der Waals surface area contributed by atoms with Crippen LogP contribution in [0.15, 0.2) is 51.5 Å². The molecular weight excluding hydrogens is 528 g/mol. The standard InChI is InChI=1S/C28H36N8O3S/c1-8-17(5)36-26(34-18(6)22-24(19-10-11-19)32-15-33-27(22)39-7)23(16(3)4)35-25(28(36)37)31-14-21-29-12-20(13-30-21)40(38)9-2/h12-13,15,17,19H,6,8-11,14H2,1-5,7H3,(H,31,35). The first-order valence-electron chi connectivity index (χ1n) is 13.4. The van der Waals surface area contributed by atoms with Crippen LogP contribution >= 0.6 is 0 Å². The summed E-state index contributed by atoms with van der Waals surface area (Å²) < 4.78 is 17.5. The van der Waals surface area contributed by atoms with E-state index in [1.54, 1.807) is 24.4 Å². The van der Waals surface area contributed by atoms with Gasteiger partial charge in [0.05, 0.1) is 45.5 Å². The summed E-state index contributed by atoms with van der Waals surface area (Å²) in [7, 11) is 0.424. The Bertz CT molecular complexity index is 1410. The van der Waals surface area contributed by atoms with E-state index in [2.05, 4.69) is 36.8 Å². The van der Waals surface area contributed by atoms with Crippen LogP contribution < -0.4 is 10.1 Å². The molecule has 0 aromatic carbocycles. The number of aromatic nitrogens is 4. The molecule has 1 amide bonds. The first-order chi connectivity index (χ1) is 19.2. The highest BCUT2D eigenvalue weighted by Gasteiger charge is 2.37. The molecule has 1 N–H and O–H groups in total. The Morgan fingerprint density at radius 3 is 2.50 bits per heavy atom. The van der Waals surface area contributed by atoms with Crippen molar-refractivity contribution in [2.75, 3.05) is 12.9 Å². The monoisotopic (exact) mass is 564 g/mol. The molecule has 40 heavy (non-hydrogen) atoms. The molecule has 0 spiro atoms. The number of aliphatic imine (C=N–C) groups is 2. The lowest BCUT2D eigenvalue weighted by Crippen LogP contribution is -2.57. The normalized spacial score (nSPS) is 19.0. The van der Waals surface area contributed by atoms with E-state index in [0.29, 0.717) is 57.5 Å². The largest absolute Gasteiger partial charge is 0.480 e. The molecule has 2 fully saturated rings. The van der Waals surface area contributed by atoms with E-state index in [-0.39, 0.29) is 24.3 Å². The number of piperazine rings is 1. The van der Waals surface area contributed by atoms with E-state index in [1.165, 1.54) is 6.33 Å². The van der Waals surface area contributed by atoms with Gasteiger partial charge in [-0.25, -0.2) is 24.9 Å². The van der Waals surface area contributed by atoms with Crippen molar-refractivity contribution in [3.05, 3.63) is 53.7 Å². The minimum absolute atomic E-state index is 0.0833. The van der Waals surface area contributed by atoms with Crippen molar-refractivity contribution in [3.8, 4) is 5.88 Å². The number of ether oxygens (including phenoxy) is 1. The number of carbonyl (C=O) groups is 1. The van der Waals surface area contributed by atoms with Gasteiger partial charge in [-0.3, -0.25) is 18.9 Å². The number of methoxy groups -OCH3 is 1. The summed E-state index contributed by atoms with van der Waals surface area (Å²) >= 11 is 0. The van der Waals surface area contributed by atoms with E-state index in [1.807, 2.05) is 34.6 Å². The summed E-state index contributed by atoms with van der Waals surface area (Å²) in [4.78, 5) is 42.8. The molecule has 2 aromatic rings. The number of hydrogen-bond donors (Lipinski definition) is 1. The SMILES string of the molecule is C=C(N=C1C(=C(C)C)NC(=NCc2ncc(S(=O)CC)cn2)C(=O)N1C(C)CC)c1c(OC)ncnc1C1CC1. The van der Waals surface area contributed by atoms with Crippen LogP contribution in [-0.2, 0) is 22.1 Å². The Balaban J connectivity index is 1.71. The second-order valence-corrected chi connectivity index (χ2v) is 11.6. The highest BCUT2D eigenvalue weighted by molar-refractivity contribution is 7.85. The van der Waals surface area contributed by atoms with Crippen LogP contribution in [0.4, 0.5) is 0 Å². The Morgan fingerprint density at radius 2 is 1.93 bits per heavy atom. The van der Waals surface area contributed by atoms with E-state index in [0.717, 1.165) is 24.1 Å². The van der Waals surface area contributed by atoms with Crippen molar-refractivity contribution < 1.29 is 13.7 Å². The summed E-state index contributed by atoms with van der Waals surface area (Å²) in [5.74, 6) is 1.95. The lowest BCUT2D eigenvalue weighted by molar-refractivity contribution is -0.122. The van der Waals surface area contributed by atoms with Crippen molar-refractivity contribution in [1.82, 2.24) is 30.2 Å². The van der Waals surface area contributed by atoms with Gasteiger partial charge in [0.25, 0.3) is 5.91 Å². The van der Waals surface area contributed by atoms with Crippen LogP contribution in [0.5, 0.6) is 5.88 Å². The number of nitrogens with zero attached hydrogens (tertiary/aromatic N) is 7. The van der Waals surface area contributed by atoms with Gasteiger partial charge in [-0.2, -0.15) is 0 Å². The summed E-state index contributed by atoms with van der Waals surface area (Å²) in [6.45, 7) is 14.0. The van der Waals surface area contributed by atoms with Gasteiger partial charge < -0.3 is 10.1 Å². The predicted molar refractivity (Wildman–Crippen MR) is 155 cm³/mol. The molecular formula is C28H36N8O3S. The number of allylic oxidation sites excluding steroid dienone is 1. The number of nitrogens with one attached hydrogen (secondary N) is 1. The van der Waals surface area contributed by atoms with Gasteiger partial charge in [0, 0.05) is 30.1 Å². The van der Waals surface area contributed by atoms with Crippen LogP contribution in [0.2, 0.25) is 0 Å². The molecule has 1 aliphatic carbocycles. The lowest BCUT2D eigenvalue weighted by Gasteiger charge is -2.36. The first-order valence-corrected chi connectivity index (χ1v) is 14.7. The number of carbonyl (C=O) groups excluding carboxylic acids is 1. The van der Waals surface area contributed by atoms with Crippen LogP contribution in [-0.4, -0.2) is 65.5 Å². The fourth-order valence-electron chi connectivity index (χ4n) is 4.23. The maximum absolute atomic E-state index is 13.8. The van der Waals surface area contributed by atoms with E-state index >= 15 is 0 Å². The second-order valence-electron chi connectivity index (χ2n) is 9.87. The molecule has 2 aromatic heterocycles. The summed E-state index contributed by atoms with van der Waals surface area (Å²) in [5.41, 5.74) is 3.53. The fourth-order valence-corrected chi connectivity index (χ4v) is 4.91. The molecule has 0 bridgehead atoms. The first kappa shape index (κ1) is 29.2. The summed E-state index contributed by atoms with van der Waals surface area (Å²) in [6, 6.07) is -0.169. The molecule has 1 saturated heterocycles. The molecule has 4 rings (SSSR count). The second kappa shape index (κ2) is 12.6. The number of hydrogen-bond acceptors (Lipinski definition) is 9. The highest BCUT2D eigenvalue weighted by Crippen LogP contribution is 2.44. The molecule has 1 saturated carbocycles.